The highest BCUT2D eigenvalue weighted by atomic mass is 32.2. The van der Waals surface area contributed by atoms with Crippen LogP contribution in [0.1, 0.15) is 88.2 Å². The van der Waals surface area contributed by atoms with Crippen LogP contribution >= 0.6 is 11.8 Å². The first kappa shape index (κ1) is 28.3. The molecule has 1 atom stereocenters. The summed E-state index contributed by atoms with van der Waals surface area (Å²) < 4.78 is 5.57. The average molecular weight is 512 g/mol. The third-order valence-electron chi connectivity index (χ3n) is 7.06. The van der Waals surface area contributed by atoms with Crippen molar-refractivity contribution in [1.29, 1.82) is 0 Å². The number of carbonyl (C=O) groups excluding carboxylic acids is 1. The first-order chi connectivity index (χ1) is 17.5. The Morgan fingerprint density at radius 1 is 0.861 bits per heavy atom. The SMILES string of the molecule is CCCCCCCCCCCCSC[C@@](N)(C(=O)O)C(=O)OCC1c2ccccc2-c2ccccc21. The molecule has 0 aromatic heterocycles. The van der Waals surface area contributed by atoms with Gasteiger partial charge >= 0.3 is 11.9 Å². The molecule has 0 spiro atoms. The molecule has 0 bridgehead atoms. The van der Waals surface area contributed by atoms with Gasteiger partial charge in [0.05, 0.1) is 0 Å². The monoisotopic (exact) mass is 511 g/mol. The van der Waals surface area contributed by atoms with Gasteiger partial charge in [0.1, 0.15) is 6.61 Å². The van der Waals surface area contributed by atoms with Gasteiger partial charge in [0.25, 0.3) is 0 Å². The number of hydrogen-bond acceptors (Lipinski definition) is 5. The molecule has 1 aliphatic carbocycles. The number of nitrogens with two attached hydrogens (primary N) is 1. The van der Waals surface area contributed by atoms with Gasteiger partial charge in [0.2, 0.25) is 5.54 Å². The van der Waals surface area contributed by atoms with Crippen molar-refractivity contribution in [3.63, 3.8) is 0 Å². The van der Waals surface area contributed by atoms with Crippen molar-refractivity contribution >= 4 is 23.7 Å². The zero-order valence-corrected chi connectivity index (χ0v) is 22.4. The normalized spacial score (nSPS) is 14.2. The van der Waals surface area contributed by atoms with Crippen molar-refractivity contribution in [2.75, 3.05) is 18.1 Å². The van der Waals surface area contributed by atoms with Gasteiger partial charge in [-0.1, -0.05) is 113 Å². The molecule has 0 unspecified atom stereocenters. The van der Waals surface area contributed by atoms with E-state index in [4.69, 9.17) is 10.5 Å². The predicted molar refractivity (Wildman–Crippen MR) is 148 cm³/mol. The van der Waals surface area contributed by atoms with Gasteiger partial charge in [0, 0.05) is 11.7 Å². The van der Waals surface area contributed by atoms with Crippen LogP contribution in [-0.2, 0) is 14.3 Å². The molecular formula is C30H41NO4S. The summed E-state index contributed by atoms with van der Waals surface area (Å²) in [5.74, 6) is -1.53. The fourth-order valence-electron chi connectivity index (χ4n) is 4.86. The number of rotatable bonds is 17. The molecule has 0 aliphatic heterocycles. The summed E-state index contributed by atoms with van der Waals surface area (Å²) >= 11 is 1.42. The summed E-state index contributed by atoms with van der Waals surface area (Å²) in [5.41, 5.74) is 8.47. The molecule has 0 radical (unpaired) electrons. The number of ether oxygens (including phenoxy) is 1. The zero-order chi connectivity index (χ0) is 25.8. The van der Waals surface area contributed by atoms with Gasteiger partial charge in [-0.15, -0.1) is 0 Å². The van der Waals surface area contributed by atoms with Gasteiger partial charge in [-0.3, -0.25) is 0 Å². The molecule has 0 saturated heterocycles. The van der Waals surface area contributed by atoms with Crippen LogP contribution < -0.4 is 5.73 Å². The van der Waals surface area contributed by atoms with Crippen molar-refractivity contribution < 1.29 is 19.4 Å². The molecule has 2 aromatic rings. The molecule has 0 saturated carbocycles. The van der Waals surface area contributed by atoms with E-state index in [1.54, 1.807) is 0 Å². The number of benzene rings is 2. The number of aliphatic carboxylic acids is 1. The Morgan fingerprint density at radius 3 is 1.89 bits per heavy atom. The highest BCUT2D eigenvalue weighted by molar-refractivity contribution is 7.99. The number of carboxylic acid groups (broad SMARTS) is 1. The van der Waals surface area contributed by atoms with Crippen molar-refractivity contribution in [3.8, 4) is 11.1 Å². The molecule has 3 rings (SSSR count). The molecule has 6 heteroatoms. The van der Waals surface area contributed by atoms with Crippen LogP contribution in [0.4, 0.5) is 0 Å². The van der Waals surface area contributed by atoms with Crippen LogP contribution in [0, 0.1) is 0 Å². The number of fused-ring (bicyclic) bond motifs is 3. The molecule has 0 fully saturated rings. The molecule has 2 aromatic carbocycles. The lowest BCUT2D eigenvalue weighted by atomic mass is 9.98. The minimum absolute atomic E-state index is 0.0104. The van der Waals surface area contributed by atoms with Gasteiger partial charge < -0.3 is 15.6 Å². The fraction of sp³-hybridized carbons (Fsp3) is 0.533. The molecule has 1 aliphatic rings. The molecule has 36 heavy (non-hydrogen) atoms. The Morgan fingerprint density at radius 2 is 1.36 bits per heavy atom. The second-order valence-corrected chi connectivity index (χ2v) is 10.9. The highest BCUT2D eigenvalue weighted by Crippen LogP contribution is 2.44. The second kappa shape index (κ2) is 14.4. The average Bonchev–Trinajstić information content (AvgIpc) is 3.21. The smallest absolute Gasteiger partial charge is 0.338 e. The predicted octanol–water partition coefficient (Wildman–Crippen LogP) is 6.78. The number of carbonyl (C=O) groups is 2. The standard InChI is InChI=1S/C30H41NO4S/c1-2-3-4-5-6-7-8-9-10-15-20-36-22-30(31,28(32)33)29(34)35-21-27-25-18-13-11-16-23(25)24-17-12-14-19-26(24)27/h11-14,16-19,27H,2-10,15,20-22,31H2,1H3,(H,32,33)/t30-/m1/s1. The molecule has 3 N–H and O–H groups in total. The van der Waals surface area contributed by atoms with Crippen molar-refractivity contribution in [2.45, 2.75) is 82.6 Å². The van der Waals surface area contributed by atoms with E-state index >= 15 is 0 Å². The number of carboxylic acids is 1. The Balaban J connectivity index is 1.42. The Labute approximate surface area is 220 Å². The molecule has 0 heterocycles. The summed E-state index contributed by atoms with van der Waals surface area (Å²) in [7, 11) is 0. The lowest BCUT2D eigenvalue weighted by Crippen LogP contribution is -2.58. The minimum atomic E-state index is -2.04. The largest absolute Gasteiger partial charge is 0.479 e. The number of unbranched alkanes of at least 4 members (excludes halogenated alkanes) is 9. The fourth-order valence-corrected chi connectivity index (χ4v) is 5.98. The third kappa shape index (κ3) is 7.36. The van der Waals surface area contributed by atoms with Crippen LogP contribution in [0.5, 0.6) is 0 Å². The number of esters is 1. The van der Waals surface area contributed by atoms with E-state index in [-0.39, 0.29) is 18.3 Å². The van der Waals surface area contributed by atoms with Crippen LogP contribution in [0.2, 0.25) is 0 Å². The van der Waals surface area contributed by atoms with Gasteiger partial charge in [-0.05, 0) is 34.4 Å². The Bertz CT molecular complexity index is 949. The first-order valence-corrected chi connectivity index (χ1v) is 14.6. The lowest BCUT2D eigenvalue weighted by Gasteiger charge is -2.24. The number of hydrogen-bond donors (Lipinski definition) is 2. The van der Waals surface area contributed by atoms with Gasteiger partial charge in [0.15, 0.2) is 0 Å². The minimum Gasteiger partial charge on any atom is -0.479 e. The molecular weight excluding hydrogens is 470 g/mol. The summed E-state index contributed by atoms with van der Waals surface area (Å²) in [6, 6.07) is 16.1. The van der Waals surface area contributed by atoms with Crippen molar-refractivity contribution in [1.82, 2.24) is 0 Å². The summed E-state index contributed by atoms with van der Waals surface area (Å²) in [6.45, 7) is 2.31. The first-order valence-electron chi connectivity index (χ1n) is 13.4. The molecule has 196 valence electrons. The summed E-state index contributed by atoms with van der Waals surface area (Å²) in [6.07, 6.45) is 12.5. The van der Waals surface area contributed by atoms with E-state index in [0.29, 0.717) is 0 Å². The van der Waals surface area contributed by atoms with E-state index in [9.17, 15) is 14.7 Å². The Hall–Kier alpha value is -2.31. The zero-order valence-electron chi connectivity index (χ0n) is 21.5. The summed E-state index contributed by atoms with van der Waals surface area (Å²) in [5, 5.41) is 9.75. The molecule has 5 nitrogen and oxygen atoms in total. The van der Waals surface area contributed by atoms with Gasteiger partial charge in [-0.2, -0.15) is 11.8 Å². The maximum atomic E-state index is 12.9. The maximum Gasteiger partial charge on any atom is 0.338 e. The second-order valence-electron chi connectivity index (χ2n) is 9.84. The van der Waals surface area contributed by atoms with Crippen LogP contribution in [-0.4, -0.2) is 40.7 Å². The highest BCUT2D eigenvalue weighted by Gasteiger charge is 2.44. The number of thioether (sulfide) groups is 1. The topological polar surface area (TPSA) is 89.6 Å². The quantitative estimate of drug-likeness (QED) is 0.138. The lowest BCUT2D eigenvalue weighted by molar-refractivity contribution is -0.159. The molecule has 0 amide bonds. The van der Waals surface area contributed by atoms with E-state index < -0.39 is 17.5 Å². The van der Waals surface area contributed by atoms with Crippen molar-refractivity contribution in [2.24, 2.45) is 5.73 Å². The van der Waals surface area contributed by atoms with Crippen LogP contribution in [0.15, 0.2) is 48.5 Å². The van der Waals surface area contributed by atoms with E-state index in [1.165, 1.54) is 63.1 Å². The van der Waals surface area contributed by atoms with E-state index in [0.717, 1.165) is 40.8 Å². The van der Waals surface area contributed by atoms with E-state index in [2.05, 4.69) is 19.1 Å². The van der Waals surface area contributed by atoms with Crippen LogP contribution in [0.25, 0.3) is 11.1 Å². The van der Waals surface area contributed by atoms with Crippen LogP contribution in [0.3, 0.4) is 0 Å². The van der Waals surface area contributed by atoms with Crippen molar-refractivity contribution in [3.05, 3.63) is 59.7 Å². The van der Waals surface area contributed by atoms with Gasteiger partial charge in [-0.25, -0.2) is 9.59 Å². The Kier molecular flexibility index (Phi) is 11.3. The third-order valence-corrected chi connectivity index (χ3v) is 8.30. The van der Waals surface area contributed by atoms with E-state index in [1.807, 2.05) is 36.4 Å². The maximum absolute atomic E-state index is 12.9. The summed E-state index contributed by atoms with van der Waals surface area (Å²) in [4.78, 5) is 24.8.